The predicted octanol–water partition coefficient (Wildman–Crippen LogP) is 15.5. The highest BCUT2D eigenvalue weighted by Gasteiger charge is 2.22. The lowest BCUT2D eigenvalue weighted by Crippen LogP contribution is -2.48. The summed E-state index contributed by atoms with van der Waals surface area (Å²) in [6.45, 7) is 4.20. The van der Waals surface area contributed by atoms with Crippen molar-refractivity contribution in [3.05, 3.63) is 36.5 Å². The molecule has 0 saturated carbocycles. The summed E-state index contributed by atoms with van der Waals surface area (Å²) in [4.78, 5) is 12.5. The van der Waals surface area contributed by atoms with Gasteiger partial charge in [-0.05, 0) is 51.4 Å². The third kappa shape index (κ3) is 42.7. The molecule has 1 amide bonds. The number of carbonyl (C=O) groups excluding carboxylic acids is 1. The van der Waals surface area contributed by atoms with Gasteiger partial charge in [0.15, 0.2) is 0 Å². The zero-order chi connectivity index (χ0) is 42.3. The minimum atomic E-state index is -1.10. The van der Waals surface area contributed by atoms with Crippen LogP contribution in [-0.4, -0.2) is 46.1 Å². The van der Waals surface area contributed by atoms with Crippen molar-refractivity contribution in [3.8, 4) is 0 Å². The van der Waals surface area contributed by atoms with Gasteiger partial charge in [-0.3, -0.25) is 4.79 Å². The van der Waals surface area contributed by atoms with Gasteiger partial charge in [0.2, 0.25) is 5.91 Å². The molecule has 0 fully saturated rings. The third-order valence-electron chi connectivity index (χ3n) is 12.0. The molecule has 0 bridgehead atoms. The SMILES string of the molecule is CCCCCCCCCCC/C=C\C/C=C\CCCCCCCCCCCCCCC(O)C(=O)NC(CO)C(O)/C=C/CCCCCCCCCCCCCCCC. The normalized spacial score (nSPS) is 13.7. The van der Waals surface area contributed by atoms with Gasteiger partial charge in [0.05, 0.1) is 18.8 Å². The van der Waals surface area contributed by atoms with E-state index in [1.165, 1.54) is 212 Å². The van der Waals surface area contributed by atoms with Crippen LogP contribution >= 0.6 is 0 Å². The zero-order valence-corrected chi connectivity index (χ0v) is 38.9. The Labute approximate surface area is 362 Å². The third-order valence-corrected chi connectivity index (χ3v) is 12.0. The molecule has 0 aromatic carbocycles. The van der Waals surface area contributed by atoms with Crippen LogP contribution in [-0.2, 0) is 4.79 Å². The summed E-state index contributed by atoms with van der Waals surface area (Å²) < 4.78 is 0. The summed E-state index contributed by atoms with van der Waals surface area (Å²) in [7, 11) is 0. The monoisotopic (exact) mass is 816 g/mol. The van der Waals surface area contributed by atoms with E-state index in [1.807, 2.05) is 6.08 Å². The lowest BCUT2D eigenvalue weighted by Gasteiger charge is -2.21. The molecular formula is C53H101NO4. The molecule has 0 aliphatic rings. The maximum atomic E-state index is 12.5. The molecule has 0 spiro atoms. The molecular weight excluding hydrogens is 715 g/mol. The van der Waals surface area contributed by atoms with E-state index in [0.29, 0.717) is 6.42 Å². The van der Waals surface area contributed by atoms with Gasteiger partial charge in [-0.15, -0.1) is 0 Å². The van der Waals surface area contributed by atoms with Crippen LogP contribution in [0.5, 0.6) is 0 Å². The van der Waals surface area contributed by atoms with E-state index < -0.39 is 24.2 Å². The Balaban J connectivity index is 3.59. The predicted molar refractivity (Wildman–Crippen MR) is 254 cm³/mol. The van der Waals surface area contributed by atoms with Crippen LogP contribution in [0.4, 0.5) is 0 Å². The molecule has 0 radical (unpaired) electrons. The first kappa shape index (κ1) is 56.6. The van der Waals surface area contributed by atoms with E-state index in [2.05, 4.69) is 43.5 Å². The number of nitrogens with one attached hydrogen (secondary N) is 1. The standard InChI is InChI=1S/C53H101NO4/c1-3-5-7-9-11-13-15-17-19-21-22-23-24-25-26-27-28-29-30-31-32-34-36-38-40-42-44-46-48-52(57)53(58)54-50(49-55)51(56)47-45-43-41-39-37-35-33-20-18-16-14-12-10-8-6-4-2/h22-23,25-26,45,47,50-52,55-57H,3-21,24,27-44,46,48-49H2,1-2H3,(H,54,58)/b23-22-,26-25-,47-45+. The van der Waals surface area contributed by atoms with Crippen molar-refractivity contribution in [2.24, 2.45) is 0 Å². The molecule has 0 heterocycles. The fourth-order valence-electron chi connectivity index (χ4n) is 7.92. The van der Waals surface area contributed by atoms with Crippen LogP contribution in [0.3, 0.4) is 0 Å². The van der Waals surface area contributed by atoms with Crippen LogP contribution in [0.15, 0.2) is 36.5 Å². The number of hydrogen-bond acceptors (Lipinski definition) is 4. The Hall–Kier alpha value is -1.43. The van der Waals surface area contributed by atoms with Gasteiger partial charge in [-0.1, -0.05) is 256 Å². The van der Waals surface area contributed by atoms with Gasteiger partial charge in [0, 0.05) is 0 Å². The van der Waals surface area contributed by atoms with Crippen molar-refractivity contribution < 1.29 is 20.1 Å². The number of aliphatic hydroxyl groups is 3. The van der Waals surface area contributed by atoms with Crippen molar-refractivity contribution in [2.45, 2.75) is 289 Å². The van der Waals surface area contributed by atoms with Crippen molar-refractivity contribution in [3.63, 3.8) is 0 Å². The summed E-state index contributed by atoms with van der Waals surface area (Å²) >= 11 is 0. The van der Waals surface area contributed by atoms with E-state index in [9.17, 15) is 20.1 Å². The topological polar surface area (TPSA) is 89.8 Å². The second-order valence-electron chi connectivity index (χ2n) is 17.7. The molecule has 3 atom stereocenters. The highest BCUT2D eigenvalue weighted by atomic mass is 16.3. The summed E-state index contributed by atoms with van der Waals surface area (Å²) in [6.07, 6.45) is 62.0. The van der Waals surface area contributed by atoms with E-state index in [-0.39, 0.29) is 6.61 Å². The number of unbranched alkanes of at least 4 members (excludes halogenated alkanes) is 35. The van der Waals surface area contributed by atoms with E-state index in [4.69, 9.17) is 0 Å². The molecule has 0 aromatic rings. The van der Waals surface area contributed by atoms with Gasteiger partial charge in [-0.25, -0.2) is 0 Å². The van der Waals surface area contributed by atoms with Crippen LogP contribution in [0.1, 0.15) is 271 Å². The number of carbonyl (C=O) groups is 1. The van der Waals surface area contributed by atoms with Crippen molar-refractivity contribution in [1.82, 2.24) is 5.32 Å². The van der Waals surface area contributed by atoms with Crippen LogP contribution in [0, 0.1) is 0 Å². The highest BCUT2D eigenvalue weighted by Crippen LogP contribution is 2.16. The first-order chi connectivity index (χ1) is 28.6. The van der Waals surface area contributed by atoms with Gasteiger partial charge in [0.25, 0.3) is 0 Å². The molecule has 3 unspecified atom stereocenters. The second kappa shape index (κ2) is 48.2. The summed E-state index contributed by atoms with van der Waals surface area (Å²) in [5.74, 6) is -0.502. The molecule has 0 rings (SSSR count). The first-order valence-electron chi connectivity index (χ1n) is 25.8. The quantitative estimate of drug-likeness (QED) is 0.0364. The number of rotatable bonds is 47. The van der Waals surface area contributed by atoms with Gasteiger partial charge in [0.1, 0.15) is 6.10 Å². The van der Waals surface area contributed by atoms with Gasteiger partial charge < -0.3 is 20.6 Å². The molecule has 342 valence electrons. The van der Waals surface area contributed by atoms with Crippen LogP contribution in [0.2, 0.25) is 0 Å². The Bertz CT molecular complexity index is 901. The molecule has 0 saturated heterocycles. The average molecular weight is 816 g/mol. The number of amides is 1. The van der Waals surface area contributed by atoms with Crippen molar-refractivity contribution in [2.75, 3.05) is 6.61 Å². The van der Waals surface area contributed by atoms with Crippen molar-refractivity contribution in [1.29, 1.82) is 0 Å². The lowest BCUT2D eigenvalue weighted by molar-refractivity contribution is -0.131. The smallest absolute Gasteiger partial charge is 0.249 e. The average Bonchev–Trinajstić information content (AvgIpc) is 3.23. The minimum absolute atomic E-state index is 0.363. The van der Waals surface area contributed by atoms with Gasteiger partial charge in [-0.2, -0.15) is 0 Å². The Morgan fingerprint density at radius 1 is 0.431 bits per heavy atom. The molecule has 5 nitrogen and oxygen atoms in total. The molecule has 0 aromatic heterocycles. The summed E-state index contributed by atoms with van der Waals surface area (Å²) in [5, 5.41) is 33.3. The van der Waals surface area contributed by atoms with E-state index in [1.54, 1.807) is 6.08 Å². The fraction of sp³-hybridized carbons (Fsp3) is 0.868. The highest BCUT2D eigenvalue weighted by molar-refractivity contribution is 5.80. The largest absolute Gasteiger partial charge is 0.394 e. The van der Waals surface area contributed by atoms with E-state index in [0.717, 1.165) is 38.5 Å². The Morgan fingerprint density at radius 2 is 0.741 bits per heavy atom. The maximum absolute atomic E-state index is 12.5. The minimum Gasteiger partial charge on any atom is -0.394 e. The number of hydrogen-bond donors (Lipinski definition) is 4. The maximum Gasteiger partial charge on any atom is 0.249 e. The number of allylic oxidation sites excluding steroid dienone is 5. The summed E-state index contributed by atoms with van der Waals surface area (Å²) in [5.41, 5.74) is 0. The van der Waals surface area contributed by atoms with Crippen LogP contribution < -0.4 is 5.32 Å². The van der Waals surface area contributed by atoms with Crippen molar-refractivity contribution >= 4 is 5.91 Å². The summed E-state index contributed by atoms with van der Waals surface area (Å²) in [6, 6.07) is -0.798. The Morgan fingerprint density at radius 3 is 1.09 bits per heavy atom. The van der Waals surface area contributed by atoms with E-state index >= 15 is 0 Å². The van der Waals surface area contributed by atoms with Crippen LogP contribution in [0.25, 0.3) is 0 Å². The number of aliphatic hydroxyl groups excluding tert-OH is 3. The molecule has 5 heteroatoms. The second-order valence-corrected chi connectivity index (χ2v) is 17.7. The zero-order valence-electron chi connectivity index (χ0n) is 38.9. The Kier molecular flexibility index (Phi) is 47.0. The molecule has 0 aliphatic heterocycles. The molecule has 58 heavy (non-hydrogen) atoms. The lowest BCUT2D eigenvalue weighted by atomic mass is 10.0. The fourth-order valence-corrected chi connectivity index (χ4v) is 7.92. The molecule has 4 N–H and O–H groups in total. The molecule has 0 aliphatic carbocycles. The van der Waals surface area contributed by atoms with Gasteiger partial charge >= 0.3 is 0 Å². The first-order valence-corrected chi connectivity index (χ1v) is 25.8.